The van der Waals surface area contributed by atoms with Gasteiger partial charge in [-0.1, -0.05) is 18.5 Å². The highest BCUT2D eigenvalue weighted by Gasteiger charge is 2.29. The van der Waals surface area contributed by atoms with E-state index in [4.69, 9.17) is 4.52 Å². The third-order valence-corrected chi connectivity index (χ3v) is 5.89. The minimum atomic E-state index is 0.218. The van der Waals surface area contributed by atoms with Crippen molar-refractivity contribution < 1.29 is 9.32 Å². The summed E-state index contributed by atoms with van der Waals surface area (Å²) in [5, 5.41) is 12.9. The molecule has 0 N–H and O–H groups in total. The first-order chi connectivity index (χ1) is 13.7. The van der Waals surface area contributed by atoms with E-state index in [1.165, 1.54) is 19.3 Å². The van der Waals surface area contributed by atoms with Gasteiger partial charge in [-0.05, 0) is 32.1 Å². The van der Waals surface area contributed by atoms with E-state index in [0.29, 0.717) is 24.7 Å². The van der Waals surface area contributed by atoms with Gasteiger partial charge < -0.3 is 14.0 Å². The molecule has 1 fully saturated rings. The molecule has 0 saturated carbocycles. The summed E-state index contributed by atoms with van der Waals surface area (Å²) in [6.07, 6.45) is 9.50. The lowest BCUT2D eigenvalue weighted by atomic mass is 9.96. The van der Waals surface area contributed by atoms with Crippen LogP contribution >= 0.6 is 0 Å². The highest BCUT2D eigenvalue weighted by molar-refractivity contribution is 5.76. The van der Waals surface area contributed by atoms with E-state index in [1.807, 2.05) is 11.8 Å². The van der Waals surface area contributed by atoms with Crippen LogP contribution in [0.4, 0.5) is 0 Å². The number of hydrogen-bond donors (Lipinski definition) is 0. The Bertz CT molecular complexity index is 798. The lowest BCUT2D eigenvalue weighted by molar-refractivity contribution is -0.132. The summed E-state index contributed by atoms with van der Waals surface area (Å²) in [7, 11) is 0. The number of carbonyl (C=O) groups excluding carboxylic acids is 1. The molecular weight excluding hydrogens is 356 g/mol. The zero-order chi connectivity index (χ0) is 19.3. The van der Waals surface area contributed by atoms with Crippen LogP contribution in [-0.2, 0) is 30.6 Å². The number of aromatic nitrogens is 5. The Morgan fingerprint density at radius 2 is 2.11 bits per heavy atom. The quantitative estimate of drug-likeness (QED) is 0.758. The topological polar surface area (TPSA) is 89.9 Å². The van der Waals surface area contributed by atoms with Gasteiger partial charge >= 0.3 is 0 Å². The molecule has 2 aromatic rings. The Hall–Kier alpha value is -2.25. The monoisotopic (exact) mass is 386 g/mol. The summed E-state index contributed by atoms with van der Waals surface area (Å²) in [5.41, 5.74) is 0. The fourth-order valence-electron chi connectivity index (χ4n) is 4.31. The van der Waals surface area contributed by atoms with Gasteiger partial charge in [0.1, 0.15) is 11.6 Å². The van der Waals surface area contributed by atoms with Gasteiger partial charge in [0, 0.05) is 51.2 Å². The maximum Gasteiger partial charge on any atom is 0.226 e. The average molecular weight is 387 g/mol. The van der Waals surface area contributed by atoms with Crippen molar-refractivity contribution in [3.8, 4) is 0 Å². The minimum absolute atomic E-state index is 0.218. The van der Waals surface area contributed by atoms with Gasteiger partial charge in [-0.3, -0.25) is 4.79 Å². The molecule has 1 unspecified atom stereocenters. The predicted molar refractivity (Wildman–Crippen MR) is 103 cm³/mol. The Morgan fingerprint density at radius 1 is 1.18 bits per heavy atom. The van der Waals surface area contributed by atoms with Gasteiger partial charge in [-0.15, -0.1) is 10.2 Å². The number of amides is 1. The first kappa shape index (κ1) is 19.1. The van der Waals surface area contributed by atoms with Crippen LogP contribution in [0.25, 0.3) is 0 Å². The van der Waals surface area contributed by atoms with Crippen molar-refractivity contribution in [2.75, 3.05) is 13.1 Å². The highest BCUT2D eigenvalue weighted by Crippen LogP contribution is 2.28. The molecule has 0 radical (unpaired) electrons. The molecule has 2 aliphatic heterocycles. The lowest BCUT2D eigenvalue weighted by Crippen LogP contribution is -2.39. The fourth-order valence-corrected chi connectivity index (χ4v) is 4.31. The zero-order valence-electron chi connectivity index (χ0n) is 16.8. The first-order valence-corrected chi connectivity index (χ1v) is 10.8. The maximum absolute atomic E-state index is 12.7. The maximum atomic E-state index is 12.7. The normalized spacial score (nSPS) is 20.0. The number of piperidine rings is 1. The molecule has 4 heterocycles. The van der Waals surface area contributed by atoms with Crippen LogP contribution in [0.2, 0.25) is 0 Å². The molecular formula is C20H30N6O2. The molecule has 152 valence electrons. The number of carbonyl (C=O) groups is 1. The smallest absolute Gasteiger partial charge is 0.226 e. The Balaban J connectivity index is 1.32. The molecule has 1 saturated heterocycles. The molecule has 8 nitrogen and oxygen atoms in total. The van der Waals surface area contributed by atoms with Gasteiger partial charge in [0.15, 0.2) is 5.82 Å². The predicted octanol–water partition coefficient (Wildman–Crippen LogP) is 2.68. The Labute approximate surface area is 165 Å². The second-order valence-electron chi connectivity index (χ2n) is 7.93. The molecule has 0 aliphatic carbocycles. The molecule has 0 aromatic carbocycles. The van der Waals surface area contributed by atoms with Crippen molar-refractivity contribution in [2.45, 2.75) is 83.6 Å². The van der Waals surface area contributed by atoms with Crippen molar-refractivity contribution in [3.63, 3.8) is 0 Å². The van der Waals surface area contributed by atoms with Gasteiger partial charge in [0.25, 0.3) is 0 Å². The van der Waals surface area contributed by atoms with Crippen molar-refractivity contribution >= 4 is 5.91 Å². The second kappa shape index (κ2) is 8.84. The van der Waals surface area contributed by atoms with Crippen molar-refractivity contribution in [2.24, 2.45) is 0 Å². The van der Waals surface area contributed by atoms with E-state index in [2.05, 4.69) is 24.9 Å². The standard InChI is InChI=1S/C20H30N6O2/c1-2-16-21-18(28-24-16)10-6-11-19(27)25-12-7-8-15(14-25)20-23-22-17-9-4-3-5-13-26(17)20/h15H,2-14H2,1H3. The molecule has 28 heavy (non-hydrogen) atoms. The molecule has 1 atom stereocenters. The highest BCUT2D eigenvalue weighted by atomic mass is 16.5. The molecule has 0 spiro atoms. The van der Waals surface area contributed by atoms with E-state index in [1.54, 1.807) is 0 Å². The molecule has 1 amide bonds. The number of nitrogens with zero attached hydrogens (tertiary/aromatic N) is 6. The molecule has 0 bridgehead atoms. The Morgan fingerprint density at radius 3 is 2.96 bits per heavy atom. The van der Waals surface area contributed by atoms with E-state index in [0.717, 1.165) is 69.2 Å². The van der Waals surface area contributed by atoms with E-state index in [-0.39, 0.29) is 5.91 Å². The van der Waals surface area contributed by atoms with Crippen molar-refractivity contribution in [3.05, 3.63) is 23.4 Å². The summed E-state index contributed by atoms with van der Waals surface area (Å²) in [6.45, 7) is 4.62. The third kappa shape index (κ3) is 4.25. The number of hydrogen-bond acceptors (Lipinski definition) is 6. The summed E-state index contributed by atoms with van der Waals surface area (Å²) in [6, 6.07) is 0. The summed E-state index contributed by atoms with van der Waals surface area (Å²) < 4.78 is 7.53. The number of rotatable bonds is 6. The van der Waals surface area contributed by atoms with Gasteiger partial charge in [0.05, 0.1) is 0 Å². The van der Waals surface area contributed by atoms with Crippen LogP contribution in [0.3, 0.4) is 0 Å². The molecule has 8 heteroatoms. The van der Waals surface area contributed by atoms with E-state index in [9.17, 15) is 4.79 Å². The van der Waals surface area contributed by atoms with E-state index >= 15 is 0 Å². The van der Waals surface area contributed by atoms with Crippen molar-refractivity contribution in [1.29, 1.82) is 0 Å². The van der Waals surface area contributed by atoms with Crippen LogP contribution in [0.5, 0.6) is 0 Å². The number of fused-ring (bicyclic) bond motifs is 1. The number of likely N-dealkylation sites (tertiary alicyclic amines) is 1. The van der Waals surface area contributed by atoms with Gasteiger partial charge in [0.2, 0.25) is 11.8 Å². The van der Waals surface area contributed by atoms with Gasteiger partial charge in [-0.25, -0.2) is 0 Å². The van der Waals surface area contributed by atoms with Gasteiger partial charge in [-0.2, -0.15) is 4.98 Å². The largest absolute Gasteiger partial charge is 0.342 e. The molecule has 4 rings (SSSR count). The summed E-state index contributed by atoms with van der Waals surface area (Å²) in [4.78, 5) is 19.0. The SMILES string of the molecule is CCc1noc(CCCC(=O)N2CCCC(c3nnc4n3CCCCC4)C2)n1. The molecule has 2 aliphatic rings. The number of aryl methyl sites for hydroxylation is 3. The van der Waals surface area contributed by atoms with E-state index < -0.39 is 0 Å². The lowest BCUT2D eigenvalue weighted by Gasteiger charge is -2.32. The van der Waals surface area contributed by atoms with Crippen molar-refractivity contribution in [1.82, 2.24) is 29.8 Å². The minimum Gasteiger partial charge on any atom is -0.342 e. The molecule has 2 aromatic heterocycles. The van der Waals surface area contributed by atoms with Crippen LogP contribution in [0.1, 0.15) is 81.2 Å². The van der Waals surface area contributed by atoms with Crippen LogP contribution in [0, 0.1) is 0 Å². The van der Waals surface area contributed by atoms with Crippen LogP contribution < -0.4 is 0 Å². The summed E-state index contributed by atoms with van der Waals surface area (Å²) in [5.74, 6) is 4.10. The third-order valence-electron chi connectivity index (χ3n) is 5.89. The Kier molecular flexibility index (Phi) is 6.02. The summed E-state index contributed by atoms with van der Waals surface area (Å²) >= 11 is 0. The van der Waals surface area contributed by atoms with Crippen LogP contribution in [-0.4, -0.2) is 48.8 Å². The average Bonchev–Trinajstić information content (AvgIpc) is 3.28. The first-order valence-electron chi connectivity index (χ1n) is 10.8. The van der Waals surface area contributed by atoms with Crippen LogP contribution in [0.15, 0.2) is 4.52 Å². The zero-order valence-corrected chi connectivity index (χ0v) is 16.8. The fraction of sp³-hybridized carbons (Fsp3) is 0.750. The second-order valence-corrected chi connectivity index (χ2v) is 7.93.